The van der Waals surface area contributed by atoms with Gasteiger partial charge >= 0.3 is 0 Å². The van der Waals surface area contributed by atoms with Gasteiger partial charge in [0.05, 0.1) is 7.11 Å². The summed E-state index contributed by atoms with van der Waals surface area (Å²) in [6.45, 7) is 6.83. The fourth-order valence-electron chi connectivity index (χ4n) is 3.46. The zero-order valence-electron chi connectivity index (χ0n) is 16.6. The molecule has 0 bridgehead atoms. The molecule has 7 nitrogen and oxygen atoms in total. The minimum Gasteiger partial charge on any atom is -0.493 e. The number of aromatic nitrogens is 2. The lowest BCUT2D eigenvalue weighted by Gasteiger charge is -2.26. The van der Waals surface area contributed by atoms with E-state index in [-0.39, 0.29) is 0 Å². The highest BCUT2D eigenvalue weighted by Gasteiger charge is 2.25. The lowest BCUT2D eigenvalue weighted by atomic mass is 10.1. The van der Waals surface area contributed by atoms with Crippen LogP contribution >= 0.6 is 0 Å². The van der Waals surface area contributed by atoms with Crippen molar-refractivity contribution in [2.75, 3.05) is 44.1 Å². The molecule has 28 heavy (non-hydrogen) atoms. The third kappa shape index (κ3) is 4.92. The van der Waals surface area contributed by atoms with Crippen LogP contribution in [0.2, 0.25) is 0 Å². The second-order valence-corrected chi connectivity index (χ2v) is 6.72. The molecule has 0 radical (unpaired) electrons. The number of hydrogen-bond donors (Lipinski definition) is 2. The summed E-state index contributed by atoms with van der Waals surface area (Å²) in [7, 11) is 3.53. The van der Waals surface area contributed by atoms with E-state index in [9.17, 15) is 0 Å². The summed E-state index contributed by atoms with van der Waals surface area (Å²) < 4.78 is 11.1. The third-order valence-corrected chi connectivity index (χ3v) is 4.87. The van der Waals surface area contributed by atoms with Crippen molar-refractivity contribution in [3.63, 3.8) is 0 Å². The Morgan fingerprint density at radius 1 is 1.29 bits per heavy atom. The summed E-state index contributed by atoms with van der Waals surface area (Å²) >= 11 is 0. The molecule has 0 amide bonds. The SMILES string of the molecule is C=CCOc1ccc(CNCC2CCCN2c2cc(NC)ncn2)cc1OC. The van der Waals surface area contributed by atoms with Crippen molar-refractivity contribution >= 4 is 11.6 Å². The lowest BCUT2D eigenvalue weighted by molar-refractivity contribution is 0.326. The second-order valence-electron chi connectivity index (χ2n) is 6.72. The van der Waals surface area contributed by atoms with Crippen molar-refractivity contribution in [3.05, 3.63) is 48.8 Å². The molecule has 2 N–H and O–H groups in total. The summed E-state index contributed by atoms with van der Waals surface area (Å²) in [6.07, 6.45) is 5.67. The third-order valence-electron chi connectivity index (χ3n) is 4.87. The molecule has 2 aromatic rings. The van der Waals surface area contributed by atoms with E-state index in [2.05, 4.69) is 38.1 Å². The Kier molecular flexibility index (Phi) is 7.08. The van der Waals surface area contributed by atoms with Gasteiger partial charge in [0.2, 0.25) is 0 Å². The van der Waals surface area contributed by atoms with Crippen molar-refractivity contribution in [3.8, 4) is 11.5 Å². The molecular formula is C21H29N5O2. The highest BCUT2D eigenvalue weighted by Crippen LogP contribution is 2.28. The Balaban J connectivity index is 1.57. The maximum atomic E-state index is 5.61. The maximum absolute atomic E-state index is 5.61. The Bertz CT molecular complexity index is 783. The van der Waals surface area contributed by atoms with Crippen molar-refractivity contribution in [1.82, 2.24) is 15.3 Å². The number of ether oxygens (including phenoxy) is 2. The van der Waals surface area contributed by atoms with Crippen molar-refractivity contribution in [1.29, 1.82) is 0 Å². The van der Waals surface area contributed by atoms with E-state index in [0.717, 1.165) is 54.8 Å². The summed E-state index contributed by atoms with van der Waals surface area (Å²) in [5.41, 5.74) is 1.16. The first-order chi connectivity index (χ1) is 13.7. The van der Waals surface area contributed by atoms with Gasteiger partial charge in [-0.25, -0.2) is 9.97 Å². The molecule has 2 heterocycles. The van der Waals surface area contributed by atoms with Crippen LogP contribution in [0.25, 0.3) is 0 Å². The van der Waals surface area contributed by atoms with Crippen molar-refractivity contribution in [2.24, 2.45) is 0 Å². The van der Waals surface area contributed by atoms with E-state index in [0.29, 0.717) is 12.6 Å². The van der Waals surface area contributed by atoms with Crippen molar-refractivity contribution < 1.29 is 9.47 Å². The average Bonchev–Trinajstić information content (AvgIpc) is 3.21. The second kappa shape index (κ2) is 9.94. The quantitative estimate of drug-likeness (QED) is 0.611. The first-order valence-corrected chi connectivity index (χ1v) is 9.63. The number of benzene rings is 1. The van der Waals surface area contributed by atoms with E-state index in [4.69, 9.17) is 9.47 Å². The number of rotatable bonds is 10. The van der Waals surface area contributed by atoms with Crippen LogP contribution in [0, 0.1) is 0 Å². The van der Waals surface area contributed by atoms with E-state index >= 15 is 0 Å². The molecule has 1 saturated heterocycles. The van der Waals surface area contributed by atoms with Crippen LogP contribution in [0.4, 0.5) is 11.6 Å². The van der Waals surface area contributed by atoms with Crippen LogP contribution in [0.3, 0.4) is 0 Å². The van der Waals surface area contributed by atoms with Gasteiger partial charge in [0, 0.05) is 38.8 Å². The van der Waals surface area contributed by atoms with Gasteiger partial charge in [0.1, 0.15) is 24.6 Å². The Morgan fingerprint density at radius 2 is 2.18 bits per heavy atom. The van der Waals surface area contributed by atoms with Crippen LogP contribution in [0.1, 0.15) is 18.4 Å². The number of anilines is 2. The molecule has 3 rings (SSSR count). The van der Waals surface area contributed by atoms with Gasteiger partial charge < -0.3 is 25.0 Å². The van der Waals surface area contributed by atoms with Crippen LogP contribution in [-0.2, 0) is 6.54 Å². The maximum Gasteiger partial charge on any atom is 0.161 e. The zero-order chi connectivity index (χ0) is 19.8. The van der Waals surface area contributed by atoms with Gasteiger partial charge in [0.25, 0.3) is 0 Å². The van der Waals surface area contributed by atoms with Crippen LogP contribution < -0.4 is 25.0 Å². The molecule has 1 fully saturated rings. The summed E-state index contributed by atoms with van der Waals surface area (Å²) in [6, 6.07) is 8.45. The molecule has 0 saturated carbocycles. The Morgan fingerprint density at radius 3 is 2.96 bits per heavy atom. The van der Waals surface area contributed by atoms with Crippen LogP contribution in [0.15, 0.2) is 43.2 Å². The Hall–Kier alpha value is -2.80. The molecule has 1 aliphatic heterocycles. The minimum absolute atomic E-state index is 0.427. The fraction of sp³-hybridized carbons (Fsp3) is 0.429. The largest absolute Gasteiger partial charge is 0.493 e. The number of hydrogen-bond acceptors (Lipinski definition) is 7. The predicted octanol–water partition coefficient (Wildman–Crippen LogP) is 2.85. The van der Waals surface area contributed by atoms with Gasteiger partial charge in [0.15, 0.2) is 11.5 Å². The topological polar surface area (TPSA) is 71.5 Å². The molecule has 7 heteroatoms. The highest BCUT2D eigenvalue weighted by molar-refractivity contribution is 5.49. The molecule has 0 spiro atoms. The van der Waals surface area contributed by atoms with E-state index in [1.165, 1.54) is 6.42 Å². The van der Waals surface area contributed by atoms with Gasteiger partial charge in [-0.3, -0.25) is 0 Å². The molecule has 1 unspecified atom stereocenters. The smallest absolute Gasteiger partial charge is 0.161 e. The average molecular weight is 383 g/mol. The molecular weight excluding hydrogens is 354 g/mol. The molecule has 1 aromatic heterocycles. The predicted molar refractivity (Wildman–Crippen MR) is 112 cm³/mol. The molecule has 1 aliphatic rings. The van der Waals surface area contributed by atoms with Gasteiger partial charge in [-0.1, -0.05) is 18.7 Å². The standard InChI is InChI=1S/C21H29N5O2/c1-4-10-28-18-8-7-16(11-19(18)27-3)13-23-14-17-6-5-9-26(17)21-12-20(22-2)24-15-25-21/h4,7-8,11-12,15,17,23H,1,5-6,9-10,13-14H2,2-3H3,(H,22,24,25). The van der Waals surface area contributed by atoms with Crippen LogP contribution in [-0.4, -0.2) is 49.9 Å². The molecule has 1 atom stereocenters. The molecule has 150 valence electrons. The summed E-state index contributed by atoms with van der Waals surface area (Å²) in [5, 5.41) is 6.65. The van der Waals surface area contributed by atoms with Crippen LogP contribution in [0.5, 0.6) is 11.5 Å². The minimum atomic E-state index is 0.427. The zero-order valence-corrected chi connectivity index (χ0v) is 16.6. The van der Waals surface area contributed by atoms with E-state index in [1.807, 2.05) is 25.2 Å². The van der Waals surface area contributed by atoms with E-state index in [1.54, 1.807) is 19.5 Å². The van der Waals surface area contributed by atoms with Gasteiger partial charge in [-0.15, -0.1) is 0 Å². The summed E-state index contributed by atoms with van der Waals surface area (Å²) in [5.74, 6) is 3.30. The normalized spacial score (nSPS) is 16.1. The number of nitrogens with one attached hydrogen (secondary N) is 2. The fourth-order valence-corrected chi connectivity index (χ4v) is 3.46. The number of nitrogens with zero attached hydrogens (tertiary/aromatic N) is 3. The number of methoxy groups -OCH3 is 1. The molecule has 0 aliphatic carbocycles. The van der Waals surface area contributed by atoms with Gasteiger partial charge in [-0.2, -0.15) is 0 Å². The molecule has 1 aromatic carbocycles. The van der Waals surface area contributed by atoms with Crippen molar-refractivity contribution in [2.45, 2.75) is 25.4 Å². The summed E-state index contributed by atoms with van der Waals surface area (Å²) in [4.78, 5) is 11.0. The first-order valence-electron chi connectivity index (χ1n) is 9.63. The van der Waals surface area contributed by atoms with E-state index < -0.39 is 0 Å². The monoisotopic (exact) mass is 383 g/mol. The Labute approximate surface area is 166 Å². The first kappa shape index (κ1) is 19.9. The lowest BCUT2D eigenvalue weighted by Crippen LogP contribution is -2.38. The van der Waals surface area contributed by atoms with Gasteiger partial charge in [-0.05, 0) is 30.5 Å². The highest BCUT2D eigenvalue weighted by atomic mass is 16.5.